The molecule has 1 aliphatic heterocycles. The summed E-state index contributed by atoms with van der Waals surface area (Å²) in [5.74, 6) is 0. The van der Waals surface area contributed by atoms with Crippen molar-refractivity contribution in [1.82, 2.24) is 0 Å². The Morgan fingerprint density at radius 2 is 1.15 bits per heavy atom. The Hall–Kier alpha value is 1.22. The van der Waals surface area contributed by atoms with Crippen LogP contribution in [0, 0.1) is 0 Å². The first-order chi connectivity index (χ1) is 18.7. The van der Waals surface area contributed by atoms with Crippen molar-refractivity contribution >= 4 is 14.0 Å². The normalized spacial score (nSPS) is 22.5. The van der Waals surface area contributed by atoms with Gasteiger partial charge >= 0.3 is 73.1 Å². The Morgan fingerprint density at radius 3 is 1.54 bits per heavy atom. The van der Waals surface area contributed by atoms with Crippen LogP contribution in [0.2, 0.25) is 0 Å². The van der Waals surface area contributed by atoms with Crippen molar-refractivity contribution in [3.8, 4) is 0 Å². The van der Waals surface area contributed by atoms with Crippen LogP contribution >= 0.6 is 7.82 Å². The van der Waals surface area contributed by atoms with Gasteiger partial charge in [-0.05, 0) is 6.42 Å². The molecular formula is C27H53Na2O11P+2. The number of carboxylic acid groups (broad SMARTS) is 1. The van der Waals surface area contributed by atoms with Gasteiger partial charge in [-0.1, -0.05) is 116 Å². The monoisotopic (exact) mass is 630 g/mol. The summed E-state index contributed by atoms with van der Waals surface area (Å²) >= 11 is 0. The van der Waals surface area contributed by atoms with E-state index in [0.29, 0.717) is 6.42 Å². The molecular weight excluding hydrogens is 577 g/mol. The number of aliphatic hydroxyl groups is 2. The third kappa shape index (κ3) is 23.3. The molecule has 5 atom stereocenters. The molecule has 0 amide bonds. The maximum atomic E-state index is 11.3. The maximum Gasteiger partial charge on any atom is 1.00 e. The summed E-state index contributed by atoms with van der Waals surface area (Å²) in [6.45, 7) is 1.85. The minimum atomic E-state index is -5.02. The first-order valence-corrected chi connectivity index (χ1v) is 16.4. The van der Waals surface area contributed by atoms with Crippen molar-refractivity contribution in [1.29, 1.82) is 0 Å². The molecule has 41 heavy (non-hydrogen) atoms. The van der Waals surface area contributed by atoms with E-state index in [1.54, 1.807) is 0 Å². The summed E-state index contributed by atoms with van der Waals surface area (Å²) in [4.78, 5) is 28.9. The number of hydrogen-bond donors (Lipinski definition) is 5. The number of hydrogen-bond acceptors (Lipinski definition) is 8. The Morgan fingerprint density at radius 1 is 0.732 bits per heavy atom. The number of phosphoric ester groups is 1. The second-order valence-electron chi connectivity index (χ2n) is 10.5. The van der Waals surface area contributed by atoms with Crippen molar-refractivity contribution in [2.75, 3.05) is 13.2 Å². The molecule has 1 rings (SSSR count). The van der Waals surface area contributed by atoms with Crippen molar-refractivity contribution in [3.63, 3.8) is 0 Å². The van der Waals surface area contributed by atoms with E-state index in [9.17, 15) is 19.6 Å². The molecule has 1 heterocycles. The molecule has 14 heteroatoms. The van der Waals surface area contributed by atoms with Gasteiger partial charge in [0.1, 0.15) is 31.0 Å². The zero-order chi connectivity index (χ0) is 28.9. The van der Waals surface area contributed by atoms with E-state index in [0.717, 1.165) is 19.3 Å². The summed E-state index contributed by atoms with van der Waals surface area (Å²) in [5, 5.41) is 29.1. The van der Waals surface area contributed by atoms with Crippen LogP contribution in [0.25, 0.3) is 0 Å². The van der Waals surface area contributed by atoms with Crippen LogP contribution in [0.15, 0.2) is 0 Å². The van der Waals surface area contributed by atoms with Gasteiger partial charge < -0.3 is 39.3 Å². The van der Waals surface area contributed by atoms with Gasteiger partial charge in [0.05, 0.1) is 0 Å². The van der Waals surface area contributed by atoms with Gasteiger partial charge in [-0.25, -0.2) is 9.36 Å². The number of unbranched alkanes of at least 4 members (excludes halogenated alkanes) is 17. The quantitative estimate of drug-likeness (QED) is 0.0409. The van der Waals surface area contributed by atoms with Crippen LogP contribution in [0.3, 0.4) is 0 Å². The molecule has 1 saturated heterocycles. The molecule has 0 unspecified atom stereocenters. The second kappa shape index (κ2) is 27.5. The van der Waals surface area contributed by atoms with E-state index in [1.165, 1.54) is 89.9 Å². The summed E-state index contributed by atoms with van der Waals surface area (Å²) in [6.07, 6.45) is 13.0. The molecule has 1 aliphatic rings. The molecule has 0 aromatic rings. The molecule has 232 valence electrons. The van der Waals surface area contributed by atoms with E-state index < -0.39 is 51.3 Å². The molecule has 0 saturated carbocycles. The Bertz CT molecular complexity index is 671. The topological polar surface area (TPSA) is 172 Å². The predicted octanol–water partition coefficient (Wildman–Crippen LogP) is -0.328. The smallest absolute Gasteiger partial charge is 0.450 e. The van der Waals surface area contributed by atoms with E-state index >= 15 is 0 Å². The fourth-order valence-electron chi connectivity index (χ4n) is 4.80. The molecule has 1 fully saturated rings. The van der Waals surface area contributed by atoms with Gasteiger partial charge in [0.15, 0.2) is 6.29 Å². The predicted molar refractivity (Wildman–Crippen MR) is 146 cm³/mol. The van der Waals surface area contributed by atoms with Crippen LogP contribution in [0.5, 0.6) is 0 Å². The zero-order valence-electron chi connectivity index (χ0n) is 25.7. The molecule has 0 bridgehead atoms. The van der Waals surface area contributed by atoms with Crippen molar-refractivity contribution in [3.05, 3.63) is 0 Å². The zero-order valence-corrected chi connectivity index (χ0v) is 30.6. The minimum absolute atomic E-state index is 0. The first kappa shape index (κ1) is 44.3. The molecule has 0 aromatic heterocycles. The number of aliphatic hydroxyl groups excluding tert-OH is 2. The van der Waals surface area contributed by atoms with E-state index in [-0.39, 0.29) is 65.7 Å². The standard InChI is InChI=1S/C27H53O11P.2Na/c1-2-3-4-5-6-7-8-9-10-11-12-13-14-15-16-17-18-19-20-35-26-25(38-39(32,33)34)24(29)23(28)22(37-26)21-36-27(30)31;;/h22-26,28-29H,2-21H2,1H3,(H,30,31)(H2,32,33,34);;/q;2*+1/t22-,23+,24+,25-,26-;;/m1../s1. The summed E-state index contributed by atoms with van der Waals surface area (Å²) in [5.41, 5.74) is 0. The second-order valence-corrected chi connectivity index (χ2v) is 11.7. The summed E-state index contributed by atoms with van der Waals surface area (Å²) in [6, 6.07) is 0. The van der Waals surface area contributed by atoms with Crippen molar-refractivity contribution < 1.29 is 112 Å². The van der Waals surface area contributed by atoms with Crippen LogP contribution in [0.4, 0.5) is 4.79 Å². The third-order valence-corrected chi connectivity index (χ3v) is 7.57. The van der Waals surface area contributed by atoms with Gasteiger partial charge in [0, 0.05) is 6.61 Å². The number of carbonyl (C=O) groups is 1. The number of rotatable bonds is 24. The van der Waals surface area contributed by atoms with Crippen LogP contribution in [-0.2, 0) is 23.3 Å². The Balaban J connectivity index is 0. The van der Waals surface area contributed by atoms with Gasteiger partial charge in [-0.3, -0.25) is 4.52 Å². The van der Waals surface area contributed by atoms with Gasteiger partial charge in [0.25, 0.3) is 0 Å². The molecule has 0 aliphatic carbocycles. The average Bonchev–Trinajstić information content (AvgIpc) is 2.87. The molecule has 0 radical (unpaired) electrons. The summed E-state index contributed by atoms with van der Waals surface area (Å²) < 4.78 is 31.3. The average molecular weight is 631 g/mol. The summed E-state index contributed by atoms with van der Waals surface area (Å²) in [7, 11) is -5.02. The fraction of sp³-hybridized carbons (Fsp3) is 0.963. The Kier molecular flexibility index (Phi) is 29.8. The Labute approximate surface area is 290 Å². The van der Waals surface area contributed by atoms with E-state index in [1.807, 2.05) is 0 Å². The molecule has 5 N–H and O–H groups in total. The largest absolute Gasteiger partial charge is 1.00 e. The van der Waals surface area contributed by atoms with Crippen molar-refractivity contribution in [2.24, 2.45) is 0 Å². The maximum absolute atomic E-state index is 11.3. The number of phosphoric acid groups is 1. The minimum Gasteiger partial charge on any atom is -0.450 e. The van der Waals surface area contributed by atoms with Gasteiger partial charge in [0.2, 0.25) is 0 Å². The van der Waals surface area contributed by atoms with Crippen LogP contribution in [0.1, 0.15) is 122 Å². The van der Waals surface area contributed by atoms with Crippen LogP contribution in [-0.4, -0.2) is 75.2 Å². The molecule has 0 aromatic carbocycles. The van der Waals surface area contributed by atoms with Crippen molar-refractivity contribution in [2.45, 2.75) is 153 Å². The number of ether oxygens (including phenoxy) is 3. The third-order valence-electron chi connectivity index (χ3n) is 7.05. The SMILES string of the molecule is CCCCCCCCCCCCCCCCCCCCO[C@@H]1O[C@H](COC(=O)O)[C@H](O)[C@H](O)[C@H]1OP(=O)(O)O.[Na+].[Na+]. The van der Waals surface area contributed by atoms with E-state index in [4.69, 9.17) is 24.4 Å². The van der Waals surface area contributed by atoms with Crippen LogP contribution < -0.4 is 59.1 Å². The fourth-order valence-corrected chi connectivity index (χ4v) is 5.35. The van der Waals surface area contributed by atoms with E-state index in [2.05, 4.69) is 16.2 Å². The van der Waals surface area contributed by atoms with Gasteiger partial charge in [-0.15, -0.1) is 0 Å². The molecule has 0 spiro atoms. The first-order valence-electron chi connectivity index (χ1n) is 14.9. The molecule has 11 nitrogen and oxygen atoms in total. The van der Waals surface area contributed by atoms with Gasteiger partial charge in [-0.2, -0.15) is 0 Å².